The smallest absolute Gasteiger partial charge is 0.275 e. The summed E-state index contributed by atoms with van der Waals surface area (Å²) in [4.78, 5) is 25.9. The third-order valence-corrected chi connectivity index (χ3v) is 5.59. The van der Waals surface area contributed by atoms with Crippen molar-refractivity contribution < 1.29 is 13.9 Å². The van der Waals surface area contributed by atoms with Crippen LogP contribution in [0, 0.1) is 0 Å². The van der Waals surface area contributed by atoms with E-state index in [0.717, 1.165) is 37.1 Å². The van der Waals surface area contributed by atoms with Crippen LogP contribution < -0.4 is 4.74 Å². The first-order chi connectivity index (χ1) is 13.8. The van der Waals surface area contributed by atoms with E-state index < -0.39 is 0 Å². The molecule has 7 nitrogen and oxygen atoms in total. The Bertz CT molecular complexity index is 997. The zero-order valence-corrected chi connectivity index (χ0v) is 15.6. The molecule has 1 atom stereocenters. The molecule has 0 aliphatic carbocycles. The zero-order chi connectivity index (χ0) is 18.9. The fourth-order valence-corrected chi connectivity index (χ4v) is 4.15. The molecular weight excluding hydrogens is 356 g/mol. The van der Waals surface area contributed by atoms with Gasteiger partial charge in [0.1, 0.15) is 17.5 Å². The molecule has 4 heterocycles. The lowest BCUT2D eigenvalue weighted by Crippen LogP contribution is -2.52. The summed E-state index contributed by atoms with van der Waals surface area (Å²) in [5.41, 5.74) is 1.14. The van der Waals surface area contributed by atoms with E-state index in [2.05, 4.69) is 14.9 Å². The second kappa shape index (κ2) is 7.24. The second-order valence-corrected chi connectivity index (χ2v) is 7.33. The Morgan fingerprint density at radius 2 is 2.14 bits per heavy atom. The van der Waals surface area contributed by atoms with Crippen LogP contribution in [0.3, 0.4) is 0 Å². The molecule has 2 aliphatic heterocycles. The topological polar surface area (TPSA) is 71.7 Å². The molecular formula is C21H22N4O3. The highest BCUT2D eigenvalue weighted by Crippen LogP contribution is 2.24. The van der Waals surface area contributed by atoms with Gasteiger partial charge in [0.25, 0.3) is 5.91 Å². The molecule has 2 fully saturated rings. The number of amides is 1. The molecule has 0 saturated carbocycles. The minimum absolute atomic E-state index is 0.0617. The zero-order valence-electron chi connectivity index (χ0n) is 15.6. The van der Waals surface area contributed by atoms with Gasteiger partial charge in [-0.25, -0.2) is 4.98 Å². The SMILES string of the molecule is O=C(c1coc(COc2cccc3cccnc23)n1)N1CCN2CCC[C@@H]2C1. The Balaban J connectivity index is 1.25. The van der Waals surface area contributed by atoms with Gasteiger partial charge in [-0.05, 0) is 31.5 Å². The first-order valence-corrected chi connectivity index (χ1v) is 9.72. The molecule has 2 aromatic heterocycles. The van der Waals surface area contributed by atoms with Gasteiger partial charge in [0.05, 0.1) is 0 Å². The summed E-state index contributed by atoms with van der Waals surface area (Å²) in [6, 6.07) is 10.1. The molecule has 0 spiro atoms. The molecule has 5 rings (SSSR count). The Kier molecular flexibility index (Phi) is 4.44. The van der Waals surface area contributed by atoms with E-state index in [0.29, 0.717) is 23.4 Å². The number of carbonyl (C=O) groups excluding carboxylic acids is 1. The monoisotopic (exact) mass is 378 g/mol. The predicted octanol–water partition coefficient (Wildman–Crippen LogP) is 2.72. The number of aromatic nitrogens is 2. The lowest BCUT2D eigenvalue weighted by Gasteiger charge is -2.37. The maximum atomic E-state index is 12.8. The van der Waals surface area contributed by atoms with Gasteiger partial charge in [-0.15, -0.1) is 0 Å². The lowest BCUT2D eigenvalue weighted by molar-refractivity contribution is 0.0565. The van der Waals surface area contributed by atoms with Crippen molar-refractivity contribution in [1.82, 2.24) is 19.8 Å². The van der Waals surface area contributed by atoms with Gasteiger partial charge in [-0.3, -0.25) is 14.7 Å². The van der Waals surface area contributed by atoms with Crippen LogP contribution in [0.2, 0.25) is 0 Å². The summed E-state index contributed by atoms with van der Waals surface area (Å²) in [7, 11) is 0. The Morgan fingerprint density at radius 1 is 1.21 bits per heavy atom. The van der Waals surface area contributed by atoms with Gasteiger partial charge in [0.15, 0.2) is 12.3 Å². The molecule has 3 aromatic rings. The van der Waals surface area contributed by atoms with Crippen molar-refractivity contribution in [1.29, 1.82) is 0 Å². The average molecular weight is 378 g/mol. The van der Waals surface area contributed by atoms with E-state index in [1.54, 1.807) is 6.20 Å². The standard InChI is InChI=1S/C21H22N4O3/c26-21(25-11-10-24-9-3-6-16(24)12-25)17-13-28-19(23-17)14-27-18-7-1-4-15-5-2-8-22-20(15)18/h1-2,4-5,7-8,13,16H,3,6,9-12,14H2/t16-/m1/s1. The number of oxazole rings is 1. The van der Waals surface area contributed by atoms with Gasteiger partial charge < -0.3 is 14.1 Å². The van der Waals surface area contributed by atoms with E-state index in [-0.39, 0.29) is 12.5 Å². The maximum Gasteiger partial charge on any atom is 0.275 e. The van der Waals surface area contributed by atoms with Gasteiger partial charge >= 0.3 is 0 Å². The maximum absolute atomic E-state index is 12.8. The quantitative estimate of drug-likeness (QED) is 0.695. The van der Waals surface area contributed by atoms with Crippen molar-refractivity contribution >= 4 is 16.8 Å². The Hall–Kier alpha value is -2.93. The van der Waals surface area contributed by atoms with Gasteiger partial charge in [-0.2, -0.15) is 0 Å². The lowest BCUT2D eigenvalue weighted by atomic mass is 10.1. The summed E-state index contributed by atoms with van der Waals surface area (Å²) in [6.45, 7) is 3.77. The second-order valence-electron chi connectivity index (χ2n) is 7.33. The van der Waals surface area contributed by atoms with Crippen LogP contribution in [0.15, 0.2) is 47.2 Å². The fraction of sp³-hybridized carbons (Fsp3) is 0.381. The molecule has 2 saturated heterocycles. The van der Waals surface area contributed by atoms with Crippen LogP contribution >= 0.6 is 0 Å². The van der Waals surface area contributed by atoms with E-state index in [1.807, 2.05) is 35.2 Å². The van der Waals surface area contributed by atoms with E-state index in [9.17, 15) is 4.79 Å². The number of piperazine rings is 1. The third kappa shape index (κ3) is 3.22. The minimum atomic E-state index is -0.0617. The van der Waals surface area contributed by atoms with Crippen molar-refractivity contribution in [3.8, 4) is 5.75 Å². The number of hydrogen-bond acceptors (Lipinski definition) is 6. The number of nitrogens with zero attached hydrogens (tertiary/aromatic N) is 4. The molecule has 7 heteroatoms. The first kappa shape index (κ1) is 17.2. The van der Waals surface area contributed by atoms with E-state index in [4.69, 9.17) is 9.15 Å². The number of fused-ring (bicyclic) bond motifs is 2. The number of hydrogen-bond donors (Lipinski definition) is 0. The van der Waals surface area contributed by atoms with Crippen LogP contribution in [0.1, 0.15) is 29.2 Å². The van der Waals surface area contributed by atoms with Gasteiger partial charge in [-0.1, -0.05) is 18.2 Å². The van der Waals surface area contributed by atoms with Gasteiger partial charge in [0.2, 0.25) is 5.89 Å². The molecule has 0 N–H and O–H groups in total. The molecule has 0 bridgehead atoms. The average Bonchev–Trinajstić information content (AvgIpc) is 3.40. The fourth-order valence-electron chi connectivity index (χ4n) is 4.15. The summed E-state index contributed by atoms with van der Waals surface area (Å²) < 4.78 is 11.3. The Labute approximate surface area is 162 Å². The van der Waals surface area contributed by atoms with Crippen molar-refractivity contribution in [2.24, 2.45) is 0 Å². The number of para-hydroxylation sites is 1. The predicted molar refractivity (Wildman–Crippen MR) is 103 cm³/mol. The normalized spacial score (nSPS) is 19.7. The number of carbonyl (C=O) groups is 1. The van der Waals surface area contributed by atoms with Crippen molar-refractivity contribution in [3.63, 3.8) is 0 Å². The number of ether oxygens (including phenoxy) is 1. The van der Waals surface area contributed by atoms with Crippen LogP contribution in [0.25, 0.3) is 10.9 Å². The van der Waals surface area contributed by atoms with Gasteiger partial charge in [0, 0.05) is 37.3 Å². The van der Waals surface area contributed by atoms with Crippen LogP contribution in [0.4, 0.5) is 0 Å². The highest BCUT2D eigenvalue weighted by atomic mass is 16.5. The largest absolute Gasteiger partial charge is 0.482 e. The van der Waals surface area contributed by atoms with E-state index in [1.165, 1.54) is 19.1 Å². The number of pyridine rings is 1. The summed E-state index contributed by atoms with van der Waals surface area (Å²) >= 11 is 0. The van der Waals surface area contributed by atoms with Crippen molar-refractivity contribution in [2.45, 2.75) is 25.5 Å². The van der Waals surface area contributed by atoms with Crippen LogP contribution in [-0.4, -0.2) is 57.9 Å². The summed E-state index contributed by atoms with van der Waals surface area (Å²) in [5, 5.41) is 1.01. The third-order valence-electron chi connectivity index (χ3n) is 5.59. The molecule has 0 radical (unpaired) electrons. The number of rotatable bonds is 4. The Morgan fingerprint density at radius 3 is 3.11 bits per heavy atom. The molecule has 1 aromatic carbocycles. The summed E-state index contributed by atoms with van der Waals surface area (Å²) in [5.74, 6) is 0.991. The summed E-state index contributed by atoms with van der Waals surface area (Å²) in [6.07, 6.45) is 5.56. The molecule has 2 aliphatic rings. The number of benzene rings is 1. The first-order valence-electron chi connectivity index (χ1n) is 9.72. The molecule has 1 amide bonds. The van der Waals surface area contributed by atoms with Crippen LogP contribution in [-0.2, 0) is 6.61 Å². The molecule has 144 valence electrons. The minimum Gasteiger partial charge on any atom is -0.482 e. The highest BCUT2D eigenvalue weighted by molar-refractivity contribution is 5.92. The van der Waals surface area contributed by atoms with Crippen LogP contribution in [0.5, 0.6) is 5.75 Å². The van der Waals surface area contributed by atoms with Crippen molar-refractivity contribution in [3.05, 3.63) is 54.4 Å². The van der Waals surface area contributed by atoms with E-state index >= 15 is 0 Å². The molecule has 28 heavy (non-hydrogen) atoms. The molecule has 0 unspecified atom stereocenters. The highest BCUT2D eigenvalue weighted by Gasteiger charge is 2.33. The van der Waals surface area contributed by atoms with Crippen molar-refractivity contribution in [2.75, 3.05) is 26.2 Å².